The minimum atomic E-state index is -0.818. The number of hydrogen-bond donors (Lipinski definition) is 3. The van der Waals surface area contributed by atoms with Crippen molar-refractivity contribution in [3.63, 3.8) is 0 Å². The van der Waals surface area contributed by atoms with E-state index >= 15 is 0 Å². The number of anilines is 1. The Morgan fingerprint density at radius 2 is 2.06 bits per heavy atom. The number of benzene rings is 1. The van der Waals surface area contributed by atoms with Crippen molar-refractivity contribution in [2.75, 3.05) is 5.32 Å². The Morgan fingerprint density at radius 3 is 2.53 bits per heavy atom. The fourth-order valence-corrected chi connectivity index (χ4v) is 1.39. The van der Waals surface area contributed by atoms with E-state index < -0.39 is 11.6 Å². The van der Waals surface area contributed by atoms with E-state index in [2.05, 4.69) is 15.7 Å². The van der Waals surface area contributed by atoms with Crippen LogP contribution in [0.25, 0.3) is 0 Å². The monoisotopic (exact) mass is 262 g/mol. The summed E-state index contributed by atoms with van der Waals surface area (Å²) in [5.41, 5.74) is 2.19. The summed E-state index contributed by atoms with van der Waals surface area (Å²) in [5, 5.41) is 2.48. The summed E-state index contributed by atoms with van der Waals surface area (Å²) < 4.78 is 26.2. The van der Waals surface area contributed by atoms with Crippen molar-refractivity contribution in [3.05, 3.63) is 28.8 Å². The summed E-state index contributed by atoms with van der Waals surface area (Å²) in [6.07, 6.45) is 0. The number of halogens is 3. The molecule has 0 unspecified atom stereocenters. The number of guanidine groups is 1. The molecule has 1 aromatic rings. The second-order valence-electron chi connectivity index (χ2n) is 3.59. The molecule has 4 nitrogen and oxygen atoms in total. The van der Waals surface area contributed by atoms with Crippen LogP contribution in [0.2, 0.25) is 5.02 Å². The standard InChI is InChI=1S/C10H13ClF2N4/c1-5(2)15-10(17-14)16-9-7(11)3-6(12)4-8(9)13/h3-5H,14H2,1-2H3,(H2,15,16,17). The lowest BCUT2D eigenvalue weighted by Crippen LogP contribution is -2.37. The van der Waals surface area contributed by atoms with Crippen molar-refractivity contribution < 1.29 is 8.78 Å². The molecule has 7 heteroatoms. The first-order valence-corrected chi connectivity index (χ1v) is 5.27. The molecule has 0 aliphatic heterocycles. The van der Waals surface area contributed by atoms with E-state index in [1.54, 1.807) is 0 Å². The molecule has 0 aliphatic rings. The number of nitrogens with zero attached hydrogens (tertiary/aromatic N) is 1. The minimum absolute atomic E-state index is 0.0455. The van der Waals surface area contributed by atoms with E-state index in [4.69, 9.17) is 17.4 Å². The Morgan fingerprint density at radius 1 is 1.41 bits per heavy atom. The van der Waals surface area contributed by atoms with Gasteiger partial charge in [0.05, 0.1) is 10.7 Å². The number of aliphatic imine (C=N–C) groups is 1. The van der Waals surface area contributed by atoms with Gasteiger partial charge >= 0.3 is 0 Å². The molecule has 0 aromatic heterocycles. The number of hydrazine groups is 1. The van der Waals surface area contributed by atoms with Crippen LogP contribution in [-0.4, -0.2) is 12.0 Å². The van der Waals surface area contributed by atoms with Gasteiger partial charge in [-0.25, -0.2) is 19.6 Å². The molecule has 1 aromatic carbocycles. The third kappa shape index (κ3) is 3.83. The zero-order valence-electron chi connectivity index (χ0n) is 9.39. The van der Waals surface area contributed by atoms with Gasteiger partial charge in [0.15, 0.2) is 5.82 Å². The van der Waals surface area contributed by atoms with Gasteiger partial charge in [-0.2, -0.15) is 0 Å². The van der Waals surface area contributed by atoms with E-state index in [9.17, 15) is 8.78 Å². The predicted molar refractivity (Wildman–Crippen MR) is 64.9 cm³/mol. The van der Waals surface area contributed by atoms with E-state index in [0.29, 0.717) is 0 Å². The molecule has 17 heavy (non-hydrogen) atoms. The van der Waals surface area contributed by atoms with Crippen molar-refractivity contribution in [1.82, 2.24) is 5.43 Å². The molecule has 0 heterocycles. The van der Waals surface area contributed by atoms with Crippen LogP contribution in [-0.2, 0) is 0 Å². The first-order chi connectivity index (χ1) is 7.93. The maximum atomic E-state index is 13.4. The minimum Gasteiger partial charge on any atom is -0.322 e. The van der Waals surface area contributed by atoms with Crippen LogP contribution in [0.1, 0.15) is 13.8 Å². The quantitative estimate of drug-likeness (QED) is 0.332. The van der Waals surface area contributed by atoms with Crippen molar-refractivity contribution in [2.24, 2.45) is 10.8 Å². The topological polar surface area (TPSA) is 62.4 Å². The molecule has 0 radical (unpaired) electrons. The Kier molecular flexibility index (Phi) is 4.65. The lowest BCUT2D eigenvalue weighted by atomic mass is 10.3. The number of rotatable bonds is 2. The Balaban J connectivity index is 3.02. The molecule has 0 saturated heterocycles. The molecule has 0 fully saturated rings. The van der Waals surface area contributed by atoms with Gasteiger partial charge in [0, 0.05) is 12.1 Å². The summed E-state index contributed by atoms with van der Waals surface area (Å²) in [7, 11) is 0. The number of nitrogens with two attached hydrogens (primary N) is 1. The highest BCUT2D eigenvalue weighted by molar-refractivity contribution is 6.33. The molecule has 0 aliphatic carbocycles. The van der Waals surface area contributed by atoms with Gasteiger partial charge in [-0.3, -0.25) is 5.43 Å². The summed E-state index contributed by atoms with van der Waals surface area (Å²) in [6.45, 7) is 3.64. The fourth-order valence-electron chi connectivity index (χ4n) is 1.14. The number of nitrogens with one attached hydrogen (secondary N) is 2. The van der Waals surface area contributed by atoms with Gasteiger partial charge in [-0.1, -0.05) is 11.6 Å². The molecular formula is C10H13ClF2N4. The van der Waals surface area contributed by atoms with Gasteiger partial charge in [-0.05, 0) is 19.9 Å². The Bertz CT molecular complexity index is 411. The van der Waals surface area contributed by atoms with Crippen molar-refractivity contribution in [1.29, 1.82) is 0 Å². The zero-order valence-corrected chi connectivity index (χ0v) is 10.1. The van der Waals surface area contributed by atoms with Crippen LogP contribution in [0.15, 0.2) is 17.1 Å². The molecule has 0 spiro atoms. The predicted octanol–water partition coefficient (Wildman–Crippen LogP) is 2.26. The largest absolute Gasteiger partial charge is 0.322 e. The van der Waals surface area contributed by atoms with Crippen LogP contribution < -0.4 is 16.6 Å². The maximum absolute atomic E-state index is 13.4. The molecule has 0 atom stereocenters. The third-order valence-electron chi connectivity index (χ3n) is 1.77. The smallest absolute Gasteiger partial charge is 0.210 e. The van der Waals surface area contributed by atoms with Crippen LogP contribution in [0.5, 0.6) is 0 Å². The Labute approximate surface area is 103 Å². The van der Waals surface area contributed by atoms with E-state index in [-0.39, 0.29) is 22.7 Å². The molecule has 0 bridgehead atoms. The second-order valence-corrected chi connectivity index (χ2v) is 3.99. The van der Waals surface area contributed by atoms with Crippen LogP contribution in [0.4, 0.5) is 14.5 Å². The summed E-state index contributed by atoms with van der Waals surface area (Å²) in [4.78, 5) is 4.05. The highest BCUT2D eigenvalue weighted by Gasteiger charge is 2.11. The molecule has 1 rings (SSSR count). The van der Waals surface area contributed by atoms with E-state index in [1.807, 2.05) is 13.8 Å². The van der Waals surface area contributed by atoms with Crippen LogP contribution in [0.3, 0.4) is 0 Å². The maximum Gasteiger partial charge on any atom is 0.210 e. The Hall–Kier alpha value is -1.40. The van der Waals surface area contributed by atoms with E-state index in [1.165, 1.54) is 0 Å². The first kappa shape index (κ1) is 13.7. The highest BCUT2D eigenvalue weighted by Crippen LogP contribution is 2.26. The SMILES string of the molecule is CC(C)N=C(NN)Nc1c(F)cc(F)cc1Cl. The lowest BCUT2D eigenvalue weighted by molar-refractivity contribution is 0.586. The van der Waals surface area contributed by atoms with Crippen molar-refractivity contribution in [2.45, 2.75) is 19.9 Å². The second kappa shape index (κ2) is 5.79. The molecule has 94 valence electrons. The average Bonchev–Trinajstić information content (AvgIpc) is 2.20. The fraction of sp³-hybridized carbons (Fsp3) is 0.300. The van der Waals surface area contributed by atoms with Crippen molar-refractivity contribution >= 4 is 23.2 Å². The zero-order chi connectivity index (χ0) is 13.0. The number of hydrogen-bond acceptors (Lipinski definition) is 2. The third-order valence-corrected chi connectivity index (χ3v) is 2.07. The average molecular weight is 263 g/mol. The van der Waals surface area contributed by atoms with Crippen molar-refractivity contribution in [3.8, 4) is 0 Å². The molecule has 0 saturated carbocycles. The normalized spacial score (nSPS) is 11.8. The summed E-state index contributed by atoms with van der Waals surface area (Å²) >= 11 is 5.71. The van der Waals surface area contributed by atoms with Gasteiger partial charge in [0.2, 0.25) is 5.96 Å². The molecule has 0 amide bonds. The van der Waals surface area contributed by atoms with Gasteiger partial charge in [0.25, 0.3) is 0 Å². The van der Waals surface area contributed by atoms with Gasteiger partial charge in [-0.15, -0.1) is 0 Å². The first-order valence-electron chi connectivity index (χ1n) is 4.90. The van der Waals surface area contributed by atoms with Gasteiger partial charge in [0.1, 0.15) is 5.82 Å². The lowest BCUT2D eigenvalue weighted by Gasteiger charge is -2.12. The summed E-state index contributed by atoms with van der Waals surface area (Å²) in [5.74, 6) is 3.79. The molecule has 4 N–H and O–H groups in total. The van der Waals surface area contributed by atoms with Gasteiger partial charge < -0.3 is 5.32 Å². The highest BCUT2D eigenvalue weighted by atomic mass is 35.5. The van der Waals surface area contributed by atoms with Crippen LogP contribution in [0, 0.1) is 11.6 Å². The summed E-state index contributed by atoms with van der Waals surface area (Å²) in [6, 6.07) is 1.67. The van der Waals surface area contributed by atoms with Crippen LogP contribution >= 0.6 is 11.6 Å². The van der Waals surface area contributed by atoms with E-state index in [0.717, 1.165) is 12.1 Å². The molecular weight excluding hydrogens is 250 g/mol.